The summed E-state index contributed by atoms with van der Waals surface area (Å²) in [5, 5.41) is 14.4. The zero-order valence-corrected chi connectivity index (χ0v) is 21.3. The number of ether oxygens (including phenoxy) is 1. The molecule has 0 radical (unpaired) electrons. The van der Waals surface area contributed by atoms with Crippen molar-refractivity contribution >= 4 is 34.9 Å². The molecular formula is C28H28Cl2N2O4. The summed E-state index contributed by atoms with van der Waals surface area (Å²) in [6.45, 7) is 1.41. The number of aryl methyl sites for hydroxylation is 1. The number of fused-ring (bicyclic) bond motifs is 2. The van der Waals surface area contributed by atoms with Gasteiger partial charge in [-0.05, 0) is 61.9 Å². The van der Waals surface area contributed by atoms with E-state index in [0.29, 0.717) is 52.2 Å². The van der Waals surface area contributed by atoms with Gasteiger partial charge in [-0.3, -0.25) is 4.79 Å². The number of piperidine rings is 1. The number of halogens is 2. The summed E-state index contributed by atoms with van der Waals surface area (Å²) in [6, 6.07) is 14.3. The average molecular weight is 527 g/mol. The minimum atomic E-state index is -0.764. The lowest BCUT2D eigenvalue weighted by Gasteiger charge is -2.33. The number of anilines is 1. The Balaban J connectivity index is 1.13. The molecule has 188 valence electrons. The number of benzene rings is 2. The van der Waals surface area contributed by atoms with Crippen molar-refractivity contribution in [1.29, 1.82) is 0 Å². The molecule has 6 rings (SSSR count). The first kappa shape index (κ1) is 23.8. The van der Waals surface area contributed by atoms with E-state index in [1.807, 2.05) is 30.3 Å². The maximum absolute atomic E-state index is 10.8. The normalized spacial score (nSPS) is 22.9. The van der Waals surface area contributed by atoms with Crippen LogP contribution in [0.25, 0.3) is 11.3 Å². The summed E-state index contributed by atoms with van der Waals surface area (Å²) in [5.41, 5.74) is 4.64. The lowest BCUT2D eigenvalue weighted by molar-refractivity contribution is -0.136. The van der Waals surface area contributed by atoms with Crippen molar-refractivity contribution in [3.63, 3.8) is 0 Å². The molecule has 0 spiro atoms. The highest BCUT2D eigenvalue weighted by molar-refractivity contribution is 6.39. The molecule has 8 heteroatoms. The molecule has 2 saturated carbocycles. The van der Waals surface area contributed by atoms with Crippen molar-refractivity contribution < 1.29 is 19.2 Å². The van der Waals surface area contributed by atoms with Crippen LogP contribution < -0.4 is 4.90 Å². The van der Waals surface area contributed by atoms with Crippen LogP contribution in [0.5, 0.6) is 0 Å². The van der Waals surface area contributed by atoms with Gasteiger partial charge in [-0.25, -0.2) is 0 Å². The van der Waals surface area contributed by atoms with E-state index in [4.69, 9.17) is 37.6 Å². The molecule has 2 bridgehead atoms. The van der Waals surface area contributed by atoms with E-state index >= 15 is 0 Å². The zero-order valence-electron chi connectivity index (χ0n) is 19.8. The first-order valence-corrected chi connectivity index (χ1v) is 13.4. The van der Waals surface area contributed by atoms with Gasteiger partial charge in [-0.1, -0.05) is 46.6 Å². The van der Waals surface area contributed by atoms with Crippen LogP contribution in [0.3, 0.4) is 0 Å². The van der Waals surface area contributed by atoms with Crippen LogP contribution in [0.4, 0.5) is 5.69 Å². The molecule has 0 amide bonds. The van der Waals surface area contributed by atoms with E-state index in [1.165, 1.54) is 5.69 Å². The van der Waals surface area contributed by atoms with Gasteiger partial charge < -0.3 is 19.3 Å². The van der Waals surface area contributed by atoms with Crippen molar-refractivity contribution in [3.05, 3.63) is 69.4 Å². The zero-order chi connectivity index (χ0) is 24.8. The van der Waals surface area contributed by atoms with Crippen molar-refractivity contribution in [2.75, 3.05) is 11.4 Å². The fourth-order valence-electron chi connectivity index (χ4n) is 5.77. The third kappa shape index (κ3) is 4.62. The summed E-state index contributed by atoms with van der Waals surface area (Å²) in [5.74, 6) is 1.02. The molecule has 1 aromatic heterocycles. The van der Waals surface area contributed by atoms with Crippen LogP contribution >= 0.6 is 23.2 Å². The number of rotatable bonds is 9. The van der Waals surface area contributed by atoms with Crippen LogP contribution in [-0.4, -0.2) is 34.9 Å². The lowest BCUT2D eigenvalue weighted by atomic mass is 10.0. The molecule has 3 aromatic rings. The second-order valence-corrected chi connectivity index (χ2v) is 11.0. The summed E-state index contributed by atoms with van der Waals surface area (Å²) >= 11 is 13.0. The maximum Gasteiger partial charge on any atom is 0.303 e. The first-order valence-electron chi connectivity index (χ1n) is 12.6. The minimum absolute atomic E-state index is 0.159. The van der Waals surface area contributed by atoms with E-state index in [9.17, 15) is 4.79 Å². The van der Waals surface area contributed by atoms with Gasteiger partial charge in [0.25, 0.3) is 0 Å². The van der Waals surface area contributed by atoms with E-state index in [2.05, 4.69) is 22.2 Å². The lowest BCUT2D eigenvalue weighted by Crippen LogP contribution is -2.38. The molecule has 3 fully saturated rings. The molecule has 3 atom stereocenters. The van der Waals surface area contributed by atoms with Gasteiger partial charge in [0.1, 0.15) is 11.5 Å². The highest BCUT2D eigenvalue weighted by atomic mass is 35.5. The number of hydrogen-bond donors (Lipinski definition) is 1. The summed E-state index contributed by atoms with van der Waals surface area (Å²) in [7, 11) is 0. The van der Waals surface area contributed by atoms with Gasteiger partial charge >= 0.3 is 5.97 Å². The van der Waals surface area contributed by atoms with E-state index < -0.39 is 5.97 Å². The number of hydrogen-bond acceptors (Lipinski definition) is 5. The molecule has 0 unspecified atom stereocenters. The first-order chi connectivity index (χ1) is 17.5. The molecule has 1 saturated heterocycles. The standard InChI is InChI=1S/C28H28Cl2N2O4/c29-22-2-1-3-23(30)26(22)27-21(28(36-31-27)17-7-8-17)15-35-24-13-20-12-18(24)14-32(20)19-9-4-16(5-10-19)6-11-25(33)34/h1-5,9-10,17-18,20,24H,6-8,11-15H2,(H,33,34)/t18-,20-,24+/m0/s1. The van der Waals surface area contributed by atoms with Crippen LogP contribution in [0.15, 0.2) is 47.0 Å². The fraction of sp³-hybridized carbons (Fsp3) is 0.429. The number of nitrogens with zero attached hydrogens (tertiary/aromatic N) is 2. The SMILES string of the molecule is O=C(O)CCc1ccc(N2C[C@@H]3C[C@H]2C[C@H]3OCc2c(-c3c(Cl)cccc3Cl)noc2C2CC2)cc1. The number of aliphatic carboxylic acids is 1. The van der Waals surface area contributed by atoms with Crippen LogP contribution in [0, 0.1) is 5.92 Å². The van der Waals surface area contributed by atoms with Crippen molar-refractivity contribution in [3.8, 4) is 11.3 Å². The topological polar surface area (TPSA) is 75.8 Å². The third-order valence-electron chi connectivity index (χ3n) is 7.78. The average Bonchev–Trinajstić information content (AvgIpc) is 3.32. The third-order valence-corrected chi connectivity index (χ3v) is 8.41. The Hall–Kier alpha value is -2.54. The molecule has 36 heavy (non-hydrogen) atoms. The highest BCUT2D eigenvalue weighted by Gasteiger charge is 2.45. The predicted octanol–water partition coefficient (Wildman–Crippen LogP) is 6.73. The Morgan fingerprint density at radius 3 is 2.50 bits per heavy atom. The Bertz CT molecular complexity index is 1250. The Kier molecular flexibility index (Phi) is 6.44. The van der Waals surface area contributed by atoms with Gasteiger partial charge in [0.05, 0.1) is 22.8 Å². The molecular weight excluding hydrogens is 499 g/mol. The Morgan fingerprint density at radius 1 is 1.11 bits per heavy atom. The molecule has 1 aliphatic heterocycles. The van der Waals surface area contributed by atoms with Gasteiger partial charge in [-0.15, -0.1) is 0 Å². The van der Waals surface area contributed by atoms with E-state index in [-0.39, 0.29) is 12.5 Å². The van der Waals surface area contributed by atoms with Gasteiger partial charge in [0, 0.05) is 47.7 Å². The second kappa shape index (κ2) is 9.73. The summed E-state index contributed by atoms with van der Waals surface area (Å²) in [4.78, 5) is 13.3. The smallest absolute Gasteiger partial charge is 0.303 e. The summed E-state index contributed by atoms with van der Waals surface area (Å²) < 4.78 is 12.3. The Morgan fingerprint density at radius 2 is 1.86 bits per heavy atom. The summed E-state index contributed by atoms with van der Waals surface area (Å²) in [6.07, 6.45) is 5.23. The molecule has 3 aliphatic rings. The molecule has 6 nitrogen and oxygen atoms in total. The highest BCUT2D eigenvalue weighted by Crippen LogP contribution is 2.47. The van der Waals surface area contributed by atoms with Crippen molar-refractivity contribution in [2.24, 2.45) is 5.92 Å². The molecule has 2 aromatic carbocycles. The van der Waals surface area contributed by atoms with Crippen molar-refractivity contribution in [2.45, 2.75) is 63.2 Å². The predicted molar refractivity (Wildman–Crippen MR) is 139 cm³/mol. The number of carboxylic acid groups (broad SMARTS) is 1. The van der Waals surface area contributed by atoms with Crippen LogP contribution in [-0.2, 0) is 22.6 Å². The molecule has 2 aliphatic carbocycles. The van der Waals surface area contributed by atoms with Gasteiger partial charge in [0.15, 0.2) is 0 Å². The van der Waals surface area contributed by atoms with E-state index in [1.54, 1.807) is 0 Å². The van der Waals surface area contributed by atoms with Gasteiger partial charge in [-0.2, -0.15) is 0 Å². The maximum atomic E-state index is 10.8. The monoisotopic (exact) mass is 526 g/mol. The minimum Gasteiger partial charge on any atom is -0.481 e. The molecule has 1 N–H and O–H groups in total. The molecule has 2 heterocycles. The number of carbonyl (C=O) groups is 1. The van der Waals surface area contributed by atoms with E-state index in [0.717, 1.165) is 49.1 Å². The van der Waals surface area contributed by atoms with Crippen molar-refractivity contribution in [1.82, 2.24) is 5.16 Å². The van der Waals surface area contributed by atoms with Crippen LogP contribution in [0.1, 0.15) is 54.9 Å². The number of carboxylic acids is 1. The second-order valence-electron chi connectivity index (χ2n) is 10.2. The fourth-order valence-corrected chi connectivity index (χ4v) is 6.35. The largest absolute Gasteiger partial charge is 0.481 e. The quantitative estimate of drug-likeness (QED) is 0.333. The van der Waals surface area contributed by atoms with Crippen LogP contribution in [0.2, 0.25) is 10.0 Å². The Labute approximate surface area is 220 Å². The van der Waals surface area contributed by atoms with Gasteiger partial charge in [0.2, 0.25) is 0 Å². The number of aromatic nitrogens is 1.